The highest BCUT2D eigenvalue weighted by atomic mass is 32.2. The topological polar surface area (TPSA) is 87.9 Å². The maximum atomic E-state index is 11.6. The summed E-state index contributed by atoms with van der Waals surface area (Å²) in [5.74, 6) is 0.960. The number of nitrogen functional groups attached to an aromatic ring is 1. The Morgan fingerprint density at radius 3 is 2.04 bits per heavy atom. The Morgan fingerprint density at radius 2 is 1.54 bits per heavy atom. The molecule has 2 N–H and O–H groups in total. The molecule has 0 saturated carbocycles. The first-order chi connectivity index (χ1) is 12.8. The van der Waals surface area contributed by atoms with Crippen molar-refractivity contribution in [3.8, 4) is 11.5 Å². The molecule has 0 aliphatic carbocycles. The summed E-state index contributed by atoms with van der Waals surface area (Å²) in [4.78, 5) is 0.231. The van der Waals surface area contributed by atoms with Gasteiger partial charge in [0.1, 0.15) is 11.5 Å². The first-order valence-electron chi connectivity index (χ1n) is 9.04. The molecule has 6 nitrogen and oxygen atoms in total. The number of rotatable bonds is 4. The van der Waals surface area contributed by atoms with Gasteiger partial charge < -0.3 is 19.8 Å². The van der Waals surface area contributed by atoms with E-state index in [0.29, 0.717) is 17.2 Å². The van der Waals surface area contributed by atoms with Crippen molar-refractivity contribution in [1.29, 1.82) is 0 Å². The van der Waals surface area contributed by atoms with E-state index in [2.05, 4.69) is 0 Å². The van der Waals surface area contributed by atoms with Crippen LogP contribution >= 0.6 is 0 Å². The highest BCUT2D eigenvalue weighted by molar-refractivity contribution is 7.90. The molecule has 28 heavy (non-hydrogen) atoms. The fourth-order valence-corrected chi connectivity index (χ4v) is 3.50. The molecule has 0 bridgehead atoms. The van der Waals surface area contributed by atoms with Crippen molar-refractivity contribution in [3.05, 3.63) is 42.0 Å². The number of sulfone groups is 1. The Kier molecular flexibility index (Phi) is 5.02. The minimum atomic E-state index is -3.26. The average molecular weight is 403 g/mol. The molecule has 2 aromatic carbocycles. The Morgan fingerprint density at radius 1 is 1.00 bits per heavy atom. The summed E-state index contributed by atoms with van der Waals surface area (Å²) in [7, 11) is -3.79. The third-order valence-corrected chi connectivity index (χ3v) is 6.50. The van der Waals surface area contributed by atoms with Crippen LogP contribution in [0.1, 0.15) is 33.3 Å². The molecular formula is C20H26BNO5S. The zero-order valence-corrected chi connectivity index (χ0v) is 17.9. The van der Waals surface area contributed by atoms with Crippen LogP contribution in [0.15, 0.2) is 41.3 Å². The predicted octanol–water partition coefficient (Wildman–Crippen LogP) is 3.07. The fourth-order valence-electron chi connectivity index (χ4n) is 2.87. The number of hydrogen-bond acceptors (Lipinski definition) is 6. The predicted molar refractivity (Wildman–Crippen MR) is 111 cm³/mol. The van der Waals surface area contributed by atoms with Gasteiger partial charge in [-0.3, -0.25) is 0 Å². The maximum absolute atomic E-state index is 11.6. The van der Waals surface area contributed by atoms with Crippen LogP contribution < -0.4 is 15.9 Å². The van der Waals surface area contributed by atoms with Gasteiger partial charge >= 0.3 is 7.12 Å². The molecule has 3 rings (SSSR count). The van der Waals surface area contributed by atoms with Crippen molar-refractivity contribution in [2.45, 2.75) is 50.7 Å². The van der Waals surface area contributed by atoms with Crippen LogP contribution in [0.4, 0.5) is 5.69 Å². The van der Waals surface area contributed by atoms with E-state index >= 15 is 0 Å². The standard InChI is InChI=1S/C20H26BNO5S/c1-13-11-14(21-26-19(2,3)20(4,5)27-21)12-17(18(13)22)25-15-7-9-16(10-8-15)28(6,23)24/h7-12H,22H2,1-6H3. The number of nitrogens with two attached hydrogens (primary N) is 1. The molecule has 1 aliphatic heterocycles. The largest absolute Gasteiger partial charge is 0.494 e. The summed E-state index contributed by atoms with van der Waals surface area (Å²) < 4.78 is 41.4. The molecule has 8 heteroatoms. The van der Waals surface area contributed by atoms with Crippen LogP contribution in [0.2, 0.25) is 0 Å². The molecule has 0 amide bonds. The number of ether oxygens (including phenoxy) is 1. The Bertz CT molecular complexity index is 984. The first-order valence-corrected chi connectivity index (χ1v) is 10.9. The Labute approximate surface area is 167 Å². The minimum Gasteiger partial charge on any atom is -0.455 e. The van der Waals surface area contributed by atoms with Crippen molar-refractivity contribution in [2.24, 2.45) is 0 Å². The van der Waals surface area contributed by atoms with Crippen LogP contribution in [0.5, 0.6) is 11.5 Å². The fraction of sp³-hybridized carbons (Fsp3) is 0.400. The quantitative estimate of drug-likeness (QED) is 0.624. The molecule has 0 aromatic heterocycles. The van der Waals surface area contributed by atoms with Crippen molar-refractivity contribution in [3.63, 3.8) is 0 Å². The van der Waals surface area contributed by atoms with Crippen molar-refractivity contribution < 1.29 is 22.5 Å². The third kappa shape index (κ3) is 3.90. The normalized spacial score (nSPS) is 18.3. The molecule has 2 aromatic rings. The van der Waals surface area contributed by atoms with E-state index in [9.17, 15) is 8.42 Å². The molecule has 1 aliphatic rings. The van der Waals surface area contributed by atoms with Gasteiger partial charge in [-0.05, 0) is 76.0 Å². The van der Waals surface area contributed by atoms with Crippen LogP contribution in [0.3, 0.4) is 0 Å². The summed E-state index contributed by atoms with van der Waals surface area (Å²) in [5.41, 5.74) is 7.47. The molecule has 1 saturated heterocycles. The maximum Gasteiger partial charge on any atom is 0.494 e. The average Bonchev–Trinajstić information content (AvgIpc) is 2.79. The summed E-state index contributed by atoms with van der Waals surface area (Å²) in [6.45, 7) is 9.88. The van der Waals surface area contributed by atoms with Crippen LogP contribution in [-0.4, -0.2) is 33.0 Å². The van der Waals surface area contributed by atoms with E-state index in [1.165, 1.54) is 12.1 Å². The monoisotopic (exact) mass is 403 g/mol. The molecule has 0 radical (unpaired) electrons. The minimum absolute atomic E-state index is 0.231. The van der Waals surface area contributed by atoms with Gasteiger partial charge in [-0.2, -0.15) is 0 Å². The van der Waals surface area contributed by atoms with Gasteiger partial charge in [0, 0.05) is 6.26 Å². The Balaban J connectivity index is 1.91. The zero-order chi connectivity index (χ0) is 20.9. The van der Waals surface area contributed by atoms with Gasteiger partial charge in [-0.15, -0.1) is 0 Å². The van der Waals surface area contributed by atoms with Gasteiger partial charge in [-0.25, -0.2) is 8.42 Å². The number of anilines is 1. The van der Waals surface area contributed by atoms with E-state index in [-0.39, 0.29) is 4.90 Å². The lowest BCUT2D eigenvalue weighted by Crippen LogP contribution is -2.41. The second-order valence-corrected chi connectivity index (χ2v) is 10.2. The highest BCUT2D eigenvalue weighted by Gasteiger charge is 2.51. The molecule has 0 unspecified atom stereocenters. The molecular weight excluding hydrogens is 377 g/mol. The lowest BCUT2D eigenvalue weighted by atomic mass is 9.78. The van der Waals surface area contributed by atoms with E-state index < -0.39 is 28.2 Å². The summed E-state index contributed by atoms with van der Waals surface area (Å²) in [6, 6.07) is 9.95. The summed E-state index contributed by atoms with van der Waals surface area (Å²) in [5, 5.41) is 0. The van der Waals surface area contributed by atoms with E-state index in [0.717, 1.165) is 17.3 Å². The summed E-state index contributed by atoms with van der Waals surface area (Å²) >= 11 is 0. The van der Waals surface area contributed by atoms with E-state index in [1.807, 2.05) is 40.7 Å². The zero-order valence-electron chi connectivity index (χ0n) is 17.1. The Hall–Kier alpha value is -2.03. The third-order valence-electron chi connectivity index (χ3n) is 5.38. The van der Waals surface area contributed by atoms with Crippen molar-refractivity contribution >= 4 is 28.1 Å². The molecule has 1 fully saturated rings. The summed E-state index contributed by atoms with van der Waals surface area (Å²) in [6.07, 6.45) is 1.16. The number of hydrogen-bond donors (Lipinski definition) is 1. The van der Waals surface area contributed by atoms with Gasteiger partial charge in [0.15, 0.2) is 9.84 Å². The SMILES string of the molecule is Cc1cc(B2OC(C)(C)C(C)(C)O2)cc(Oc2ccc(S(C)(=O)=O)cc2)c1N. The molecule has 1 heterocycles. The second-order valence-electron chi connectivity index (χ2n) is 8.18. The van der Waals surface area contributed by atoms with Gasteiger partial charge in [-0.1, -0.05) is 6.07 Å². The number of benzene rings is 2. The van der Waals surface area contributed by atoms with E-state index in [4.69, 9.17) is 19.8 Å². The van der Waals surface area contributed by atoms with Gasteiger partial charge in [0.2, 0.25) is 0 Å². The molecule has 0 atom stereocenters. The van der Waals surface area contributed by atoms with E-state index in [1.54, 1.807) is 18.2 Å². The second kappa shape index (κ2) is 6.79. The van der Waals surface area contributed by atoms with Crippen LogP contribution in [0.25, 0.3) is 0 Å². The van der Waals surface area contributed by atoms with Crippen LogP contribution in [0, 0.1) is 6.92 Å². The molecule has 0 spiro atoms. The number of aryl methyl sites for hydroxylation is 1. The van der Waals surface area contributed by atoms with Gasteiger partial charge in [0.25, 0.3) is 0 Å². The van der Waals surface area contributed by atoms with Crippen LogP contribution in [-0.2, 0) is 19.1 Å². The van der Waals surface area contributed by atoms with Crippen molar-refractivity contribution in [2.75, 3.05) is 12.0 Å². The van der Waals surface area contributed by atoms with Gasteiger partial charge in [0.05, 0.1) is 21.8 Å². The lowest BCUT2D eigenvalue weighted by molar-refractivity contribution is 0.00578. The lowest BCUT2D eigenvalue weighted by Gasteiger charge is -2.32. The highest BCUT2D eigenvalue weighted by Crippen LogP contribution is 2.37. The smallest absolute Gasteiger partial charge is 0.455 e. The first kappa shape index (κ1) is 20.7. The van der Waals surface area contributed by atoms with Crippen molar-refractivity contribution in [1.82, 2.24) is 0 Å². The molecule has 150 valence electrons.